The van der Waals surface area contributed by atoms with Gasteiger partial charge in [0.2, 0.25) is 5.95 Å². The van der Waals surface area contributed by atoms with E-state index in [0.29, 0.717) is 30.2 Å². The van der Waals surface area contributed by atoms with E-state index in [1.165, 1.54) is 11.1 Å². The summed E-state index contributed by atoms with van der Waals surface area (Å²) in [4.78, 5) is 34.5. The van der Waals surface area contributed by atoms with Crippen molar-refractivity contribution < 1.29 is 14.7 Å². The number of likely N-dealkylation sites (tertiary alicyclic amines) is 1. The third kappa shape index (κ3) is 2.35. The molecule has 2 heterocycles. The first-order valence-electron chi connectivity index (χ1n) is 5.96. The number of hydrogen-bond donors (Lipinski definition) is 1. The Hall–Kier alpha value is -2.18. The van der Waals surface area contributed by atoms with E-state index in [1.54, 1.807) is 11.8 Å². The van der Waals surface area contributed by atoms with Crippen molar-refractivity contribution in [3.63, 3.8) is 0 Å². The van der Waals surface area contributed by atoms with E-state index in [2.05, 4.69) is 9.97 Å². The molecule has 0 aromatic carbocycles. The molecule has 1 amide bonds. The number of carboxylic acid groups (broad SMARTS) is 1. The molecule has 0 saturated carbocycles. The lowest BCUT2D eigenvalue weighted by Gasteiger charge is -2.38. The average Bonchev–Trinajstić information content (AvgIpc) is 2.25. The number of carbonyl (C=O) groups excluding carboxylic acids is 1. The van der Waals surface area contributed by atoms with Crippen LogP contribution in [-0.4, -0.2) is 58.5 Å². The molecule has 1 N–H and O–H groups in total. The van der Waals surface area contributed by atoms with E-state index in [4.69, 9.17) is 5.11 Å². The molecule has 1 fully saturated rings. The molecule has 1 aromatic heterocycles. The van der Waals surface area contributed by atoms with E-state index < -0.39 is 12.0 Å². The summed E-state index contributed by atoms with van der Waals surface area (Å²) in [7, 11) is 3.62. The van der Waals surface area contributed by atoms with Gasteiger partial charge >= 0.3 is 5.97 Å². The molecule has 7 nitrogen and oxygen atoms in total. The minimum absolute atomic E-state index is 0.318. The average molecular weight is 264 g/mol. The van der Waals surface area contributed by atoms with Crippen molar-refractivity contribution in [3.8, 4) is 0 Å². The Balaban J connectivity index is 2.23. The summed E-state index contributed by atoms with van der Waals surface area (Å²) >= 11 is 0. The van der Waals surface area contributed by atoms with Crippen LogP contribution in [0.5, 0.6) is 0 Å². The number of carboxylic acids is 1. The Morgan fingerprint density at radius 1 is 1.47 bits per heavy atom. The summed E-state index contributed by atoms with van der Waals surface area (Å²) in [5.74, 6) is -0.767. The number of nitrogens with zero attached hydrogens (tertiary/aromatic N) is 4. The van der Waals surface area contributed by atoms with E-state index in [-0.39, 0.29) is 5.91 Å². The SMILES string of the molecule is Cc1nc(N(C)C)ncc1C(=O)N1CCC1C(=O)O. The lowest BCUT2D eigenvalue weighted by molar-refractivity contribution is -0.146. The normalized spacial score (nSPS) is 17.8. The number of rotatable bonds is 3. The Bertz CT molecular complexity index is 530. The number of aryl methyl sites for hydroxylation is 1. The molecule has 0 spiro atoms. The lowest BCUT2D eigenvalue weighted by Crippen LogP contribution is -2.55. The maximum atomic E-state index is 12.2. The molecule has 0 bridgehead atoms. The van der Waals surface area contributed by atoms with Gasteiger partial charge in [-0.25, -0.2) is 14.8 Å². The van der Waals surface area contributed by atoms with Gasteiger partial charge in [-0.1, -0.05) is 0 Å². The molecule has 2 rings (SSSR count). The minimum atomic E-state index is -0.969. The van der Waals surface area contributed by atoms with Crippen LogP contribution in [0.3, 0.4) is 0 Å². The largest absolute Gasteiger partial charge is 0.480 e. The first-order chi connectivity index (χ1) is 8.91. The van der Waals surface area contributed by atoms with Gasteiger partial charge in [-0.2, -0.15) is 0 Å². The number of amides is 1. The number of aromatic nitrogens is 2. The van der Waals surface area contributed by atoms with Crippen LogP contribution in [0.1, 0.15) is 22.5 Å². The Labute approximate surface area is 110 Å². The van der Waals surface area contributed by atoms with Crippen LogP contribution in [0.25, 0.3) is 0 Å². The summed E-state index contributed by atoms with van der Waals surface area (Å²) < 4.78 is 0. The molecule has 7 heteroatoms. The van der Waals surface area contributed by atoms with Crippen molar-refractivity contribution in [2.24, 2.45) is 0 Å². The second kappa shape index (κ2) is 4.83. The van der Waals surface area contributed by atoms with E-state index in [1.807, 2.05) is 14.1 Å². The minimum Gasteiger partial charge on any atom is -0.480 e. The number of hydrogen-bond acceptors (Lipinski definition) is 5. The molecule has 1 unspecified atom stereocenters. The van der Waals surface area contributed by atoms with Crippen molar-refractivity contribution in [2.45, 2.75) is 19.4 Å². The smallest absolute Gasteiger partial charge is 0.326 e. The molecular weight excluding hydrogens is 248 g/mol. The van der Waals surface area contributed by atoms with Crippen LogP contribution >= 0.6 is 0 Å². The van der Waals surface area contributed by atoms with Crippen LogP contribution in [0.15, 0.2) is 6.20 Å². The van der Waals surface area contributed by atoms with Gasteiger partial charge in [0.25, 0.3) is 5.91 Å². The molecule has 102 valence electrons. The highest BCUT2D eigenvalue weighted by Gasteiger charge is 2.38. The van der Waals surface area contributed by atoms with E-state index in [9.17, 15) is 9.59 Å². The van der Waals surface area contributed by atoms with Crippen LogP contribution in [-0.2, 0) is 4.79 Å². The molecular formula is C12H16N4O3. The molecule has 0 radical (unpaired) electrons. The van der Waals surface area contributed by atoms with Crippen molar-refractivity contribution in [3.05, 3.63) is 17.5 Å². The second-order valence-corrected chi connectivity index (χ2v) is 4.70. The van der Waals surface area contributed by atoms with Gasteiger partial charge < -0.3 is 14.9 Å². The zero-order valence-corrected chi connectivity index (χ0v) is 11.1. The summed E-state index contributed by atoms with van der Waals surface area (Å²) in [6.07, 6.45) is 1.95. The van der Waals surface area contributed by atoms with Gasteiger partial charge in [0, 0.05) is 26.8 Å². The highest BCUT2D eigenvalue weighted by molar-refractivity contribution is 5.98. The molecule has 1 saturated heterocycles. The molecule has 0 aliphatic carbocycles. The van der Waals surface area contributed by atoms with E-state index >= 15 is 0 Å². The fourth-order valence-electron chi connectivity index (χ4n) is 1.92. The summed E-state index contributed by atoms with van der Waals surface area (Å²) in [6.45, 7) is 2.18. The molecule has 1 aliphatic heterocycles. The van der Waals surface area contributed by atoms with Gasteiger partial charge in [0.05, 0.1) is 11.3 Å². The van der Waals surface area contributed by atoms with Gasteiger partial charge in [0.15, 0.2) is 0 Å². The van der Waals surface area contributed by atoms with Gasteiger partial charge in [0.1, 0.15) is 6.04 Å². The molecule has 1 aliphatic rings. The summed E-state index contributed by atoms with van der Waals surface area (Å²) in [5.41, 5.74) is 0.913. The van der Waals surface area contributed by atoms with E-state index in [0.717, 1.165) is 0 Å². The van der Waals surface area contributed by atoms with Gasteiger partial charge in [-0.15, -0.1) is 0 Å². The summed E-state index contributed by atoms with van der Waals surface area (Å²) in [5, 5.41) is 8.95. The number of anilines is 1. The van der Waals surface area contributed by atoms with Crippen LogP contribution in [0.4, 0.5) is 5.95 Å². The van der Waals surface area contributed by atoms with Crippen LogP contribution < -0.4 is 4.90 Å². The van der Waals surface area contributed by atoms with Crippen LogP contribution in [0.2, 0.25) is 0 Å². The van der Waals surface area contributed by atoms with Crippen molar-refractivity contribution in [2.75, 3.05) is 25.5 Å². The second-order valence-electron chi connectivity index (χ2n) is 4.70. The highest BCUT2D eigenvalue weighted by Crippen LogP contribution is 2.22. The Morgan fingerprint density at radius 3 is 2.58 bits per heavy atom. The Morgan fingerprint density at radius 2 is 2.16 bits per heavy atom. The van der Waals surface area contributed by atoms with Crippen molar-refractivity contribution in [1.29, 1.82) is 0 Å². The lowest BCUT2D eigenvalue weighted by atomic mass is 10.0. The third-order valence-corrected chi connectivity index (χ3v) is 3.16. The van der Waals surface area contributed by atoms with Crippen molar-refractivity contribution >= 4 is 17.8 Å². The van der Waals surface area contributed by atoms with Gasteiger partial charge in [-0.05, 0) is 13.3 Å². The van der Waals surface area contributed by atoms with Crippen LogP contribution in [0, 0.1) is 6.92 Å². The molecule has 1 atom stereocenters. The first-order valence-corrected chi connectivity index (χ1v) is 5.96. The predicted octanol–water partition coefficient (Wildman–Crippen LogP) is 0.150. The molecule has 1 aromatic rings. The maximum absolute atomic E-state index is 12.2. The predicted molar refractivity (Wildman–Crippen MR) is 68.2 cm³/mol. The quantitative estimate of drug-likeness (QED) is 0.836. The highest BCUT2D eigenvalue weighted by atomic mass is 16.4. The van der Waals surface area contributed by atoms with Gasteiger partial charge in [-0.3, -0.25) is 4.79 Å². The number of aliphatic carboxylic acids is 1. The zero-order chi connectivity index (χ0) is 14.2. The maximum Gasteiger partial charge on any atom is 0.326 e. The fourth-order valence-corrected chi connectivity index (χ4v) is 1.92. The fraction of sp³-hybridized carbons (Fsp3) is 0.500. The Kier molecular flexibility index (Phi) is 3.37. The third-order valence-electron chi connectivity index (χ3n) is 3.16. The summed E-state index contributed by atoms with van der Waals surface area (Å²) in [6, 6.07) is -0.722. The topological polar surface area (TPSA) is 86.6 Å². The zero-order valence-electron chi connectivity index (χ0n) is 11.1. The number of carbonyl (C=O) groups is 2. The molecule has 19 heavy (non-hydrogen) atoms. The van der Waals surface area contributed by atoms with Crippen molar-refractivity contribution in [1.82, 2.24) is 14.9 Å². The standard InChI is InChI=1S/C12H16N4O3/c1-7-8(6-13-12(14-7)15(2)3)10(17)16-5-4-9(16)11(18)19/h6,9H,4-5H2,1-3H3,(H,18,19). The first kappa shape index (κ1) is 13.3. The monoisotopic (exact) mass is 264 g/mol.